The Hall–Kier alpha value is -1.24. The maximum Gasteiger partial charge on any atom is 0.122 e. The van der Waals surface area contributed by atoms with Gasteiger partial charge in [0.1, 0.15) is 11.1 Å². The van der Waals surface area contributed by atoms with E-state index in [1.165, 1.54) is 0 Å². The molecule has 2 aromatic heterocycles. The Morgan fingerprint density at radius 1 is 1.48 bits per heavy atom. The van der Waals surface area contributed by atoms with E-state index in [-0.39, 0.29) is 12.7 Å². The Morgan fingerprint density at radius 2 is 2.33 bits per heavy atom. The minimum Gasteiger partial charge on any atom is -0.396 e. The van der Waals surface area contributed by atoms with Crippen LogP contribution in [-0.4, -0.2) is 33.1 Å². The van der Waals surface area contributed by atoms with Crippen LogP contribution in [0.5, 0.6) is 0 Å². The van der Waals surface area contributed by atoms with E-state index in [1.807, 2.05) is 11.6 Å². The number of ether oxygens (including phenoxy) is 1. The van der Waals surface area contributed by atoms with Crippen LogP contribution in [0.1, 0.15) is 46.6 Å². The third-order valence-electron chi connectivity index (χ3n) is 3.98. The van der Waals surface area contributed by atoms with Gasteiger partial charge in [-0.05, 0) is 38.7 Å². The first-order valence-electron chi connectivity index (χ1n) is 7.38. The standard InChI is InChI=1S/C15H21N3O2S/c1-10-13(5-6-19)11(2)18(17-10)8-12-9-21-15(16-12)14-4-3-7-20-14/h9,14,19H,3-8H2,1-2H3/t14-/m0/s1. The summed E-state index contributed by atoms with van der Waals surface area (Å²) in [6, 6.07) is 0. The first kappa shape index (κ1) is 14.7. The maximum atomic E-state index is 9.13. The zero-order chi connectivity index (χ0) is 14.8. The highest BCUT2D eigenvalue weighted by Gasteiger charge is 2.21. The van der Waals surface area contributed by atoms with Gasteiger partial charge in [0.05, 0.1) is 17.9 Å². The molecule has 1 aliphatic heterocycles. The summed E-state index contributed by atoms with van der Waals surface area (Å²) >= 11 is 1.68. The lowest BCUT2D eigenvalue weighted by Gasteiger charge is -2.05. The zero-order valence-electron chi connectivity index (χ0n) is 12.5. The fourth-order valence-corrected chi connectivity index (χ4v) is 3.72. The van der Waals surface area contributed by atoms with Crippen LogP contribution in [0.25, 0.3) is 0 Å². The predicted molar refractivity (Wildman–Crippen MR) is 81.6 cm³/mol. The molecule has 1 atom stereocenters. The SMILES string of the molecule is Cc1nn(Cc2csc([C@@H]3CCCO3)n2)c(C)c1CCO. The molecule has 1 aliphatic rings. The molecule has 0 radical (unpaired) electrons. The second-order valence-corrected chi connectivity index (χ2v) is 6.35. The highest BCUT2D eigenvalue weighted by atomic mass is 32.1. The number of aliphatic hydroxyl groups is 1. The molecule has 0 unspecified atom stereocenters. The van der Waals surface area contributed by atoms with Gasteiger partial charge in [-0.3, -0.25) is 4.68 Å². The van der Waals surface area contributed by atoms with E-state index in [0.29, 0.717) is 13.0 Å². The van der Waals surface area contributed by atoms with Gasteiger partial charge in [0.2, 0.25) is 0 Å². The largest absolute Gasteiger partial charge is 0.396 e. The van der Waals surface area contributed by atoms with Crippen molar-refractivity contribution in [3.63, 3.8) is 0 Å². The maximum absolute atomic E-state index is 9.13. The van der Waals surface area contributed by atoms with Crippen LogP contribution in [-0.2, 0) is 17.7 Å². The van der Waals surface area contributed by atoms with E-state index in [9.17, 15) is 0 Å². The number of nitrogens with zero attached hydrogens (tertiary/aromatic N) is 3. The third kappa shape index (κ3) is 3.02. The van der Waals surface area contributed by atoms with Crippen molar-refractivity contribution in [1.82, 2.24) is 14.8 Å². The van der Waals surface area contributed by atoms with Crippen LogP contribution in [0.4, 0.5) is 0 Å². The van der Waals surface area contributed by atoms with Crippen molar-refractivity contribution >= 4 is 11.3 Å². The predicted octanol–water partition coefficient (Wildman–Crippen LogP) is 2.39. The number of aliphatic hydroxyl groups excluding tert-OH is 1. The van der Waals surface area contributed by atoms with Crippen molar-refractivity contribution in [2.45, 2.75) is 45.8 Å². The van der Waals surface area contributed by atoms with Crippen LogP contribution in [0.15, 0.2) is 5.38 Å². The Bertz CT molecular complexity index is 614. The van der Waals surface area contributed by atoms with Gasteiger partial charge >= 0.3 is 0 Å². The first-order chi connectivity index (χ1) is 10.2. The van der Waals surface area contributed by atoms with Gasteiger partial charge in [0.15, 0.2) is 0 Å². The first-order valence-corrected chi connectivity index (χ1v) is 8.26. The average Bonchev–Trinajstić information content (AvgIpc) is 3.17. The molecular weight excluding hydrogens is 286 g/mol. The smallest absolute Gasteiger partial charge is 0.122 e. The molecule has 2 aromatic rings. The highest BCUT2D eigenvalue weighted by molar-refractivity contribution is 7.09. The van der Waals surface area contributed by atoms with E-state index in [1.54, 1.807) is 11.3 Å². The molecule has 0 amide bonds. The van der Waals surface area contributed by atoms with Gasteiger partial charge in [0.25, 0.3) is 0 Å². The quantitative estimate of drug-likeness (QED) is 0.921. The van der Waals surface area contributed by atoms with E-state index in [0.717, 1.165) is 47.1 Å². The number of rotatable bonds is 5. The number of thiazole rings is 1. The Morgan fingerprint density at radius 3 is 3.05 bits per heavy atom. The lowest BCUT2D eigenvalue weighted by atomic mass is 10.1. The monoisotopic (exact) mass is 307 g/mol. The average molecular weight is 307 g/mol. The summed E-state index contributed by atoms with van der Waals surface area (Å²) in [7, 11) is 0. The van der Waals surface area contributed by atoms with Crippen molar-refractivity contribution in [2.75, 3.05) is 13.2 Å². The molecule has 0 aromatic carbocycles. The molecule has 3 heterocycles. The van der Waals surface area contributed by atoms with Crippen molar-refractivity contribution < 1.29 is 9.84 Å². The summed E-state index contributed by atoms with van der Waals surface area (Å²) in [6.07, 6.45) is 3.06. The second kappa shape index (κ2) is 6.25. The van der Waals surface area contributed by atoms with E-state index >= 15 is 0 Å². The lowest BCUT2D eigenvalue weighted by Crippen LogP contribution is -2.05. The zero-order valence-corrected chi connectivity index (χ0v) is 13.3. The van der Waals surface area contributed by atoms with E-state index < -0.39 is 0 Å². The summed E-state index contributed by atoms with van der Waals surface area (Å²) in [5.74, 6) is 0. The fourth-order valence-electron chi connectivity index (χ4n) is 2.83. The third-order valence-corrected chi connectivity index (χ3v) is 4.97. The minimum atomic E-state index is 0.160. The van der Waals surface area contributed by atoms with Crippen molar-refractivity contribution in [2.24, 2.45) is 0 Å². The Balaban J connectivity index is 1.76. The normalized spacial score (nSPS) is 18.5. The van der Waals surface area contributed by atoms with Crippen molar-refractivity contribution in [3.8, 4) is 0 Å². The molecule has 6 heteroatoms. The lowest BCUT2D eigenvalue weighted by molar-refractivity contribution is 0.111. The molecule has 1 fully saturated rings. The van der Waals surface area contributed by atoms with Crippen molar-refractivity contribution in [3.05, 3.63) is 33.0 Å². The van der Waals surface area contributed by atoms with Crippen LogP contribution in [0, 0.1) is 13.8 Å². The van der Waals surface area contributed by atoms with Crippen LogP contribution >= 0.6 is 11.3 Å². The highest BCUT2D eigenvalue weighted by Crippen LogP contribution is 2.30. The molecule has 0 spiro atoms. The molecule has 1 saturated heterocycles. The van der Waals surface area contributed by atoms with Gasteiger partial charge in [-0.1, -0.05) is 0 Å². The molecule has 1 N–H and O–H groups in total. The number of hydrogen-bond donors (Lipinski definition) is 1. The topological polar surface area (TPSA) is 60.2 Å². The molecule has 0 aliphatic carbocycles. The van der Waals surface area contributed by atoms with Crippen LogP contribution in [0.2, 0.25) is 0 Å². The molecule has 21 heavy (non-hydrogen) atoms. The van der Waals surface area contributed by atoms with E-state index in [4.69, 9.17) is 14.8 Å². The summed E-state index contributed by atoms with van der Waals surface area (Å²) in [6.45, 7) is 5.74. The summed E-state index contributed by atoms with van der Waals surface area (Å²) < 4.78 is 7.66. The molecule has 0 saturated carbocycles. The molecule has 114 valence electrons. The van der Waals surface area contributed by atoms with Crippen molar-refractivity contribution in [1.29, 1.82) is 0 Å². The van der Waals surface area contributed by atoms with Gasteiger partial charge < -0.3 is 9.84 Å². The van der Waals surface area contributed by atoms with Gasteiger partial charge in [-0.15, -0.1) is 11.3 Å². The second-order valence-electron chi connectivity index (χ2n) is 5.46. The Kier molecular flexibility index (Phi) is 4.37. The summed E-state index contributed by atoms with van der Waals surface area (Å²) in [5.41, 5.74) is 4.29. The van der Waals surface area contributed by atoms with E-state index in [2.05, 4.69) is 17.4 Å². The minimum absolute atomic E-state index is 0.160. The molecule has 0 bridgehead atoms. The van der Waals surface area contributed by atoms with Crippen LogP contribution in [0.3, 0.4) is 0 Å². The molecular formula is C15H21N3O2S. The number of hydrogen-bond acceptors (Lipinski definition) is 5. The Labute approximate surface area is 128 Å². The number of aryl methyl sites for hydroxylation is 1. The molecule has 5 nitrogen and oxygen atoms in total. The van der Waals surface area contributed by atoms with Crippen LogP contribution < -0.4 is 0 Å². The summed E-state index contributed by atoms with van der Waals surface area (Å²) in [4.78, 5) is 4.70. The summed E-state index contributed by atoms with van der Waals surface area (Å²) in [5, 5.41) is 16.9. The number of aromatic nitrogens is 3. The molecule has 3 rings (SSSR count). The fraction of sp³-hybridized carbons (Fsp3) is 0.600. The van der Waals surface area contributed by atoms with Gasteiger partial charge in [-0.25, -0.2) is 4.98 Å². The van der Waals surface area contributed by atoms with Gasteiger partial charge in [-0.2, -0.15) is 5.10 Å². The van der Waals surface area contributed by atoms with Gasteiger partial charge in [0, 0.05) is 24.3 Å².